The van der Waals surface area contributed by atoms with Crippen molar-refractivity contribution in [3.05, 3.63) is 66.2 Å². The van der Waals surface area contributed by atoms with Crippen LogP contribution < -0.4 is 10.9 Å². The second-order valence-electron chi connectivity index (χ2n) is 4.02. The Morgan fingerprint density at radius 1 is 0.947 bits per heavy atom. The Morgan fingerprint density at radius 2 is 1.58 bits per heavy atom. The minimum absolute atomic E-state index is 0.0225. The second-order valence-corrected chi connectivity index (χ2v) is 4.02. The van der Waals surface area contributed by atoms with Gasteiger partial charge in [0.15, 0.2) is 0 Å². The van der Waals surface area contributed by atoms with Gasteiger partial charge in [-0.05, 0) is 17.7 Å². The minimum Gasteiger partial charge on any atom is -0.367 e. The Labute approximate surface area is 112 Å². The number of para-hydroxylation sites is 1. The summed E-state index contributed by atoms with van der Waals surface area (Å²) < 4.78 is 5.32. The molecule has 19 heavy (non-hydrogen) atoms. The highest BCUT2D eigenvalue weighted by Crippen LogP contribution is 2.02. The van der Waals surface area contributed by atoms with Gasteiger partial charge in [0, 0.05) is 0 Å². The van der Waals surface area contributed by atoms with Crippen molar-refractivity contribution in [3.8, 4) is 0 Å². The summed E-state index contributed by atoms with van der Waals surface area (Å²) >= 11 is 0. The van der Waals surface area contributed by atoms with Crippen LogP contribution >= 0.6 is 0 Å². The smallest absolute Gasteiger partial charge is 0.264 e. The van der Waals surface area contributed by atoms with Gasteiger partial charge in [-0.1, -0.05) is 48.5 Å². The van der Waals surface area contributed by atoms with Crippen LogP contribution in [0.25, 0.3) is 0 Å². The van der Waals surface area contributed by atoms with E-state index in [1.807, 2.05) is 60.7 Å². The number of carbonyl (C=O) groups excluding carboxylic acids is 1. The molecule has 98 valence electrons. The maximum Gasteiger partial charge on any atom is 0.264 e. The molecule has 0 aromatic heterocycles. The Kier molecular flexibility index (Phi) is 4.96. The van der Waals surface area contributed by atoms with E-state index in [-0.39, 0.29) is 12.5 Å². The molecule has 0 saturated heterocycles. The van der Waals surface area contributed by atoms with Crippen molar-refractivity contribution in [2.24, 2.45) is 0 Å². The van der Waals surface area contributed by atoms with Crippen molar-refractivity contribution in [2.45, 2.75) is 6.61 Å². The zero-order chi connectivity index (χ0) is 13.3. The Hall–Kier alpha value is -2.33. The van der Waals surface area contributed by atoms with Crippen LogP contribution in [0.3, 0.4) is 0 Å². The maximum absolute atomic E-state index is 11.5. The van der Waals surface area contributed by atoms with Crippen LogP contribution in [0.5, 0.6) is 0 Å². The van der Waals surface area contributed by atoms with Gasteiger partial charge in [0.25, 0.3) is 5.91 Å². The maximum atomic E-state index is 11.5. The lowest BCUT2D eigenvalue weighted by atomic mass is 10.2. The molecule has 0 saturated carbocycles. The predicted molar refractivity (Wildman–Crippen MR) is 74.3 cm³/mol. The summed E-state index contributed by atoms with van der Waals surface area (Å²) in [7, 11) is 0. The molecule has 0 heterocycles. The first-order chi connectivity index (χ1) is 9.34. The highest BCUT2D eigenvalue weighted by Gasteiger charge is 2.00. The lowest BCUT2D eigenvalue weighted by Crippen LogP contribution is -2.32. The molecule has 2 rings (SSSR count). The van der Waals surface area contributed by atoms with Gasteiger partial charge >= 0.3 is 0 Å². The molecule has 0 spiro atoms. The summed E-state index contributed by atoms with van der Waals surface area (Å²) in [4.78, 5) is 11.5. The number of hydrazine groups is 1. The van der Waals surface area contributed by atoms with E-state index in [1.165, 1.54) is 0 Å². The Bertz CT molecular complexity index is 500. The number of carbonyl (C=O) groups is 1. The molecule has 2 N–H and O–H groups in total. The molecule has 0 aliphatic rings. The van der Waals surface area contributed by atoms with E-state index in [0.29, 0.717) is 6.61 Å². The van der Waals surface area contributed by atoms with E-state index in [2.05, 4.69) is 10.9 Å². The van der Waals surface area contributed by atoms with E-state index < -0.39 is 0 Å². The van der Waals surface area contributed by atoms with E-state index in [0.717, 1.165) is 11.3 Å². The third-order valence-electron chi connectivity index (χ3n) is 2.46. The molecule has 0 atom stereocenters. The Morgan fingerprint density at radius 3 is 2.26 bits per heavy atom. The lowest BCUT2D eigenvalue weighted by Gasteiger charge is -2.08. The molecule has 0 bridgehead atoms. The fraction of sp³-hybridized carbons (Fsp3) is 0.133. The molecule has 0 unspecified atom stereocenters. The van der Waals surface area contributed by atoms with Gasteiger partial charge in [0.05, 0.1) is 12.3 Å². The molecule has 4 heteroatoms. The number of rotatable bonds is 6. The van der Waals surface area contributed by atoms with Gasteiger partial charge in [-0.2, -0.15) is 0 Å². The van der Waals surface area contributed by atoms with Crippen molar-refractivity contribution in [1.29, 1.82) is 0 Å². The monoisotopic (exact) mass is 256 g/mol. The highest BCUT2D eigenvalue weighted by atomic mass is 16.5. The van der Waals surface area contributed by atoms with Crippen LogP contribution in [0.15, 0.2) is 60.7 Å². The average molecular weight is 256 g/mol. The first-order valence-corrected chi connectivity index (χ1v) is 6.06. The highest BCUT2D eigenvalue weighted by molar-refractivity contribution is 5.78. The van der Waals surface area contributed by atoms with Crippen LogP contribution in [0.1, 0.15) is 5.56 Å². The fourth-order valence-electron chi connectivity index (χ4n) is 1.54. The average Bonchev–Trinajstić information content (AvgIpc) is 2.47. The topological polar surface area (TPSA) is 50.4 Å². The number of hydrogen-bond donors (Lipinski definition) is 2. The van der Waals surface area contributed by atoms with Gasteiger partial charge in [-0.25, -0.2) is 0 Å². The zero-order valence-electron chi connectivity index (χ0n) is 10.5. The second kappa shape index (κ2) is 7.18. The van der Waals surface area contributed by atoms with E-state index >= 15 is 0 Å². The molecule has 0 aliphatic carbocycles. The van der Waals surface area contributed by atoms with Crippen LogP contribution in [0, 0.1) is 0 Å². The van der Waals surface area contributed by atoms with E-state index in [9.17, 15) is 4.79 Å². The summed E-state index contributed by atoms with van der Waals surface area (Å²) in [5.41, 5.74) is 7.26. The first kappa shape index (κ1) is 13.1. The van der Waals surface area contributed by atoms with Gasteiger partial charge in [0.2, 0.25) is 0 Å². The Balaban J connectivity index is 1.65. The molecule has 0 fully saturated rings. The largest absolute Gasteiger partial charge is 0.367 e. The van der Waals surface area contributed by atoms with Crippen molar-refractivity contribution >= 4 is 11.6 Å². The van der Waals surface area contributed by atoms with Crippen molar-refractivity contribution in [3.63, 3.8) is 0 Å². The molecule has 0 aliphatic heterocycles. The molecular weight excluding hydrogens is 240 g/mol. The standard InChI is InChI=1S/C15H16N2O2/c18-15(17-16-14-9-5-2-6-10-14)12-19-11-13-7-3-1-4-8-13/h1-10,16H,11-12H2,(H,17,18). The first-order valence-electron chi connectivity index (χ1n) is 6.06. The quantitative estimate of drug-likeness (QED) is 0.780. The zero-order valence-corrected chi connectivity index (χ0v) is 10.5. The van der Waals surface area contributed by atoms with E-state index in [1.54, 1.807) is 0 Å². The molecule has 4 nitrogen and oxygen atoms in total. The third kappa shape index (κ3) is 4.81. The molecule has 2 aromatic carbocycles. The summed E-state index contributed by atoms with van der Waals surface area (Å²) in [5.74, 6) is -0.209. The SMILES string of the molecule is O=C(COCc1ccccc1)NNc1ccccc1. The number of ether oxygens (including phenoxy) is 1. The molecule has 0 radical (unpaired) electrons. The molecule has 2 aromatic rings. The number of anilines is 1. The van der Waals surface area contributed by atoms with Gasteiger partial charge < -0.3 is 4.74 Å². The lowest BCUT2D eigenvalue weighted by molar-refractivity contribution is -0.125. The van der Waals surface area contributed by atoms with Crippen molar-refractivity contribution < 1.29 is 9.53 Å². The summed E-state index contributed by atoms with van der Waals surface area (Å²) in [5, 5.41) is 0. The molecule has 1 amide bonds. The molecular formula is C15H16N2O2. The minimum atomic E-state index is -0.209. The summed E-state index contributed by atoms with van der Waals surface area (Å²) in [6, 6.07) is 19.2. The summed E-state index contributed by atoms with van der Waals surface area (Å²) in [6.45, 7) is 0.453. The van der Waals surface area contributed by atoms with Crippen LogP contribution in [0.4, 0.5) is 5.69 Å². The fourth-order valence-corrected chi connectivity index (χ4v) is 1.54. The normalized spacial score (nSPS) is 9.89. The van der Waals surface area contributed by atoms with Crippen LogP contribution in [-0.4, -0.2) is 12.5 Å². The van der Waals surface area contributed by atoms with Gasteiger partial charge in [0.1, 0.15) is 6.61 Å². The number of hydrogen-bond acceptors (Lipinski definition) is 3. The van der Waals surface area contributed by atoms with Gasteiger partial charge in [-0.3, -0.25) is 15.6 Å². The van der Waals surface area contributed by atoms with Crippen LogP contribution in [-0.2, 0) is 16.1 Å². The number of nitrogens with one attached hydrogen (secondary N) is 2. The van der Waals surface area contributed by atoms with Crippen LogP contribution in [0.2, 0.25) is 0 Å². The third-order valence-corrected chi connectivity index (χ3v) is 2.46. The van der Waals surface area contributed by atoms with Crippen molar-refractivity contribution in [1.82, 2.24) is 5.43 Å². The number of amides is 1. The van der Waals surface area contributed by atoms with Gasteiger partial charge in [-0.15, -0.1) is 0 Å². The predicted octanol–water partition coefficient (Wildman–Crippen LogP) is 2.35. The van der Waals surface area contributed by atoms with E-state index in [4.69, 9.17) is 4.74 Å². The number of benzene rings is 2. The summed E-state index contributed by atoms with van der Waals surface area (Å²) in [6.07, 6.45) is 0. The van der Waals surface area contributed by atoms with Crippen molar-refractivity contribution in [2.75, 3.05) is 12.0 Å².